The van der Waals surface area contributed by atoms with Crippen LogP contribution in [-0.2, 0) is 0 Å². The molecule has 218 valence electrons. The van der Waals surface area contributed by atoms with Crippen molar-refractivity contribution < 1.29 is 0 Å². The Kier molecular flexibility index (Phi) is 5.54. The second-order valence-corrected chi connectivity index (χ2v) is 12.0. The first-order chi connectivity index (χ1) is 23.3. The van der Waals surface area contributed by atoms with Gasteiger partial charge in [0.25, 0.3) is 0 Å². The van der Waals surface area contributed by atoms with Crippen LogP contribution in [0.4, 0.5) is 0 Å². The number of hydrogen-bond acceptors (Lipinski definition) is 3. The second kappa shape index (κ2) is 10.1. The average Bonchev–Trinajstić information content (AvgIpc) is 3.44. The van der Waals surface area contributed by atoms with E-state index in [0.717, 1.165) is 33.3 Å². The Morgan fingerprint density at radius 2 is 0.872 bits per heavy atom. The number of nitrogens with zero attached hydrogens (tertiary/aromatic N) is 4. The third-order valence-electron chi connectivity index (χ3n) is 9.38. The monoisotopic (exact) mass is 598 g/mol. The fourth-order valence-electron chi connectivity index (χ4n) is 7.38. The third-order valence-corrected chi connectivity index (χ3v) is 9.38. The minimum atomic E-state index is 0.595. The number of aromatic nitrogens is 4. The van der Waals surface area contributed by atoms with Gasteiger partial charge in [0.15, 0.2) is 11.6 Å². The molecule has 1 aliphatic carbocycles. The average molecular weight is 599 g/mol. The summed E-state index contributed by atoms with van der Waals surface area (Å²) in [7, 11) is 0. The van der Waals surface area contributed by atoms with E-state index in [1.165, 1.54) is 43.8 Å². The van der Waals surface area contributed by atoms with E-state index in [4.69, 9.17) is 15.0 Å². The van der Waals surface area contributed by atoms with Crippen LogP contribution in [0.2, 0.25) is 0 Å². The van der Waals surface area contributed by atoms with Gasteiger partial charge in [-0.15, -0.1) is 0 Å². The molecular formula is C43H26N4. The Balaban J connectivity index is 1.43. The highest BCUT2D eigenvalue weighted by Crippen LogP contribution is 2.51. The maximum atomic E-state index is 5.24. The van der Waals surface area contributed by atoms with Gasteiger partial charge < -0.3 is 0 Å². The molecule has 7 aromatic carbocycles. The molecule has 1 aliphatic rings. The molecule has 0 radical (unpaired) electrons. The Morgan fingerprint density at radius 1 is 0.362 bits per heavy atom. The zero-order chi connectivity index (χ0) is 30.9. The summed E-state index contributed by atoms with van der Waals surface area (Å²) in [6.07, 6.45) is 0. The first kappa shape index (κ1) is 25.9. The van der Waals surface area contributed by atoms with Crippen LogP contribution in [0.25, 0.3) is 94.7 Å². The smallest absolute Gasteiger partial charge is 0.238 e. The summed E-state index contributed by atoms with van der Waals surface area (Å²) in [4.78, 5) is 15.5. The molecule has 0 N–H and O–H groups in total. The molecule has 0 saturated heterocycles. The predicted octanol–water partition coefficient (Wildman–Crippen LogP) is 10.8. The van der Waals surface area contributed by atoms with Gasteiger partial charge in [0.05, 0.1) is 11.0 Å². The van der Waals surface area contributed by atoms with Gasteiger partial charge in [-0.25, -0.2) is 4.98 Å². The van der Waals surface area contributed by atoms with E-state index in [1.54, 1.807) is 0 Å². The highest BCUT2D eigenvalue weighted by molar-refractivity contribution is 6.32. The van der Waals surface area contributed by atoms with Crippen molar-refractivity contribution in [3.8, 4) is 62.1 Å². The standard InChI is InChI=1S/C43H26N4/c1-4-14-27(15-5-1)35-26-30-20-12-23-33-31-21-10-11-22-32(31)34-24-13-25-36-38(34)39(37(30)33)40(35)47(36)43-45-41(28-16-6-2-7-17-28)44-42(46-43)29-18-8-3-9-19-29/h1-26H. The van der Waals surface area contributed by atoms with Crippen molar-refractivity contribution in [2.45, 2.75) is 0 Å². The predicted molar refractivity (Wildman–Crippen MR) is 192 cm³/mol. The number of benzene rings is 7. The fourth-order valence-corrected chi connectivity index (χ4v) is 7.38. The van der Waals surface area contributed by atoms with Crippen molar-refractivity contribution in [3.05, 3.63) is 158 Å². The van der Waals surface area contributed by atoms with E-state index < -0.39 is 0 Å². The van der Waals surface area contributed by atoms with Gasteiger partial charge in [0.1, 0.15) is 0 Å². The molecule has 0 unspecified atom stereocenters. The van der Waals surface area contributed by atoms with Crippen LogP contribution in [0, 0.1) is 0 Å². The Bertz CT molecular complexity index is 2600. The summed E-state index contributed by atoms with van der Waals surface area (Å²) < 4.78 is 2.28. The first-order valence-corrected chi connectivity index (χ1v) is 15.9. The highest BCUT2D eigenvalue weighted by atomic mass is 15.2. The molecule has 47 heavy (non-hydrogen) atoms. The molecule has 2 heterocycles. The number of hydrogen-bond donors (Lipinski definition) is 0. The molecule has 0 spiro atoms. The van der Waals surface area contributed by atoms with Crippen LogP contribution in [-0.4, -0.2) is 19.5 Å². The summed E-state index contributed by atoms with van der Waals surface area (Å²) in [5.74, 6) is 1.87. The Morgan fingerprint density at radius 3 is 1.49 bits per heavy atom. The number of rotatable bonds is 4. The normalized spacial score (nSPS) is 11.8. The molecule has 9 aromatic rings. The molecule has 4 nitrogen and oxygen atoms in total. The van der Waals surface area contributed by atoms with Crippen molar-refractivity contribution in [3.63, 3.8) is 0 Å². The van der Waals surface area contributed by atoms with Gasteiger partial charge in [-0.05, 0) is 50.7 Å². The van der Waals surface area contributed by atoms with Crippen LogP contribution in [0.5, 0.6) is 0 Å². The summed E-state index contributed by atoms with van der Waals surface area (Å²) in [5.41, 5.74) is 11.3. The lowest BCUT2D eigenvalue weighted by Gasteiger charge is -2.16. The molecule has 0 atom stereocenters. The van der Waals surface area contributed by atoms with Crippen molar-refractivity contribution in [1.29, 1.82) is 0 Å². The van der Waals surface area contributed by atoms with Crippen LogP contribution in [0.15, 0.2) is 158 Å². The minimum absolute atomic E-state index is 0.595. The van der Waals surface area contributed by atoms with Gasteiger partial charge in [0.2, 0.25) is 5.95 Å². The highest BCUT2D eigenvalue weighted by Gasteiger charge is 2.28. The quantitative estimate of drug-likeness (QED) is 0.202. The van der Waals surface area contributed by atoms with Gasteiger partial charge in [-0.1, -0.05) is 146 Å². The molecule has 0 amide bonds. The maximum Gasteiger partial charge on any atom is 0.238 e. The molecule has 0 aliphatic heterocycles. The molecule has 0 fully saturated rings. The maximum absolute atomic E-state index is 5.24. The van der Waals surface area contributed by atoms with Gasteiger partial charge in [0, 0.05) is 27.5 Å². The second-order valence-electron chi connectivity index (χ2n) is 12.0. The Hall–Kier alpha value is -6.39. The minimum Gasteiger partial charge on any atom is -0.277 e. The van der Waals surface area contributed by atoms with Crippen LogP contribution < -0.4 is 0 Å². The zero-order valence-electron chi connectivity index (χ0n) is 25.3. The summed E-state index contributed by atoms with van der Waals surface area (Å²) >= 11 is 0. The summed E-state index contributed by atoms with van der Waals surface area (Å²) in [6, 6.07) is 55.5. The zero-order valence-corrected chi connectivity index (χ0v) is 25.3. The lowest BCUT2D eigenvalue weighted by atomic mass is 9.91. The summed E-state index contributed by atoms with van der Waals surface area (Å²) in [5, 5.41) is 4.90. The SMILES string of the molecule is c1ccc(-c2nc(-c3ccccc3)nc(-n3c4cccc5c4c4c6c(cccc6cc(-c6ccccc6)c43)-c3ccccc3-5)n2)cc1. The van der Waals surface area contributed by atoms with Crippen LogP contribution in [0.1, 0.15) is 0 Å². The van der Waals surface area contributed by atoms with Crippen molar-refractivity contribution in [2.75, 3.05) is 0 Å². The van der Waals surface area contributed by atoms with Gasteiger partial charge in [-0.3, -0.25) is 4.57 Å². The van der Waals surface area contributed by atoms with E-state index in [1.807, 2.05) is 36.4 Å². The van der Waals surface area contributed by atoms with E-state index in [-0.39, 0.29) is 0 Å². The molecule has 0 bridgehead atoms. The fraction of sp³-hybridized carbons (Fsp3) is 0. The lowest BCUT2D eigenvalue weighted by Crippen LogP contribution is -2.07. The summed E-state index contributed by atoms with van der Waals surface area (Å²) in [6.45, 7) is 0. The Labute approximate surface area is 271 Å². The molecule has 10 rings (SSSR count). The van der Waals surface area contributed by atoms with E-state index in [0.29, 0.717) is 17.6 Å². The van der Waals surface area contributed by atoms with Gasteiger partial charge in [-0.2, -0.15) is 9.97 Å². The molecular weight excluding hydrogens is 573 g/mol. The van der Waals surface area contributed by atoms with Crippen LogP contribution >= 0.6 is 0 Å². The van der Waals surface area contributed by atoms with Crippen molar-refractivity contribution in [1.82, 2.24) is 19.5 Å². The van der Waals surface area contributed by atoms with E-state index in [9.17, 15) is 0 Å². The molecule has 0 saturated carbocycles. The number of fused-ring (bicyclic) bond motifs is 3. The van der Waals surface area contributed by atoms with E-state index in [2.05, 4.69) is 126 Å². The first-order valence-electron chi connectivity index (χ1n) is 15.9. The lowest BCUT2D eigenvalue weighted by molar-refractivity contribution is 0.954. The molecule has 4 heteroatoms. The third kappa shape index (κ3) is 3.85. The van der Waals surface area contributed by atoms with E-state index >= 15 is 0 Å². The topological polar surface area (TPSA) is 43.6 Å². The largest absolute Gasteiger partial charge is 0.277 e. The molecule has 2 aromatic heterocycles. The van der Waals surface area contributed by atoms with Crippen molar-refractivity contribution in [2.24, 2.45) is 0 Å². The van der Waals surface area contributed by atoms with Gasteiger partial charge >= 0.3 is 0 Å². The van der Waals surface area contributed by atoms with Crippen molar-refractivity contribution >= 4 is 32.6 Å². The van der Waals surface area contributed by atoms with Crippen LogP contribution in [0.3, 0.4) is 0 Å².